The Hall–Kier alpha value is -3.00. The Morgan fingerprint density at radius 1 is 1.13 bits per heavy atom. The molecule has 6 nitrogen and oxygen atoms in total. The average molecular weight is 445 g/mol. The van der Waals surface area contributed by atoms with Crippen LogP contribution in [-0.2, 0) is 16.1 Å². The van der Waals surface area contributed by atoms with E-state index in [9.17, 15) is 14.0 Å². The highest BCUT2D eigenvalue weighted by Crippen LogP contribution is 2.19. The highest BCUT2D eigenvalue weighted by atomic mass is 32.1. The Kier molecular flexibility index (Phi) is 7.94. The van der Waals surface area contributed by atoms with Crippen molar-refractivity contribution < 1.29 is 23.5 Å². The second-order valence-corrected chi connectivity index (χ2v) is 7.90. The zero-order chi connectivity index (χ0) is 22.2. The van der Waals surface area contributed by atoms with Crippen molar-refractivity contribution >= 4 is 33.4 Å². The van der Waals surface area contributed by atoms with E-state index in [1.54, 1.807) is 41.8 Å². The molecule has 1 aromatic heterocycles. The molecule has 0 unspecified atom stereocenters. The summed E-state index contributed by atoms with van der Waals surface area (Å²) in [4.78, 5) is 29.4. The summed E-state index contributed by atoms with van der Waals surface area (Å²) in [5.74, 6) is -0.718. The third-order valence-corrected chi connectivity index (χ3v) is 5.57. The van der Waals surface area contributed by atoms with Crippen LogP contribution in [0.4, 0.5) is 4.39 Å². The molecule has 8 heteroatoms. The van der Waals surface area contributed by atoms with Gasteiger partial charge in [0, 0.05) is 5.56 Å². The van der Waals surface area contributed by atoms with Crippen molar-refractivity contribution in [3.63, 3.8) is 0 Å². The molecular weight excluding hydrogens is 419 g/mol. The molecule has 0 saturated heterocycles. The summed E-state index contributed by atoms with van der Waals surface area (Å²) in [5, 5.41) is 0. The fraction of sp³-hybridized carbons (Fsp3) is 0.348. The lowest BCUT2D eigenvalue weighted by Crippen LogP contribution is -2.23. The van der Waals surface area contributed by atoms with Crippen molar-refractivity contribution in [1.29, 1.82) is 0 Å². The minimum atomic E-state index is -0.469. The van der Waals surface area contributed by atoms with Gasteiger partial charge in [-0.25, -0.2) is 4.39 Å². The van der Waals surface area contributed by atoms with Gasteiger partial charge in [0.1, 0.15) is 18.1 Å². The summed E-state index contributed by atoms with van der Waals surface area (Å²) in [5.41, 5.74) is 0.985. The van der Waals surface area contributed by atoms with Crippen LogP contribution in [0, 0.1) is 5.82 Å². The van der Waals surface area contributed by atoms with E-state index in [-0.39, 0.29) is 13.2 Å². The molecular formula is C23H25FN2O4S. The maximum Gasteiger partial charge on any atom is 0.326 e. The van der Waals surface area contributed by atoms with Crippen molar-refractivity contribution in [2.75, 3.05) is 13.2 Å². The van der Waals surface area contributed by atoms with Gasteiger partial charge < -0.3 is 14.0 Å². The third kappa shape index (κ3) is 6.01. The number of hydrogen-bond donors (Lipinski definition) is 0. The second-order valence-electron chi connectivity index (χ2n) is 6.89. The first-order valence-corrected chi connectivity index (χ1v) is 11.1. The third-order valence-electron chi connectivity index (χ3n) is 4.53. The molecule has 3 rings (SSSR count). The molecule has 0 bridgehead atoms. The van der Waals surface area contributed by atoms with E-state index in [2.05, 4.69) is 11.9 Å². The quantitative estimate of drug-likeness (QED) is 0.354. The number of rotatable bonds is 9. The van der Waals surface area contributed by atoms with Crippen LogP contribution in [0.15, 0.2) is 47.5 Å². The summed E-state index contributed by atoms with van der Waals surface area (Å²) in [6.07, 6.45) is 3.14. The Bertz CT molecular complexity index is 1140. The number of hydrogen-bond acceptors (Lipinski definition) is 5. The number of halogens is 1. The molecule has 1 heterocycles. The smallest absolute Gasteiger partial charge is 0.326 e. The van der Waals surface area contributed by atoms with Crippen LogP contribution in [0.1, 0.15) is 43.5 Å². The van der Waals surface area contributed by atoms with Crippen LogP contribution in [-0.4, -0.2) is 29.7 Å². The van der Waals surface area contributed by atoms with Crippen molar-refractivity contribution in [3.8, 4) is 5.75 Å². The lowest BCUT2D eigenvalue weighted by Gasteiger charge is -2.07. The monoisotopic (exact) mass is 444 g/mol. The summed E-state index contributed by atoms with van der Waals surface area (Å²) < 4.78 is 26.6. The maximum atomic E-state index is 13.7. The summed E-state index contributed by atoms with van der Waals surface area (Å²) in [7, 11) is 0. The molecule has 0 N–H and O–H groups in total. The fourth-order valence-electron chi connectivity index (χ4n) is 3.03. The summed E-state index contributed by atoms with van der Waals surface area (Å²) in [6.45, 7) is 4.55. The SMILES string of the molecule is CCCCCOc1cccc(C(=O)N=c2sc3cc(F)ccc3n2CC(=O)OCC)c1. The number of fused-ring (bicyclic) bond motifs is 1. The first-order valence-electron chi connectivity index (χ1n) is 10.3. The molecule has 1 amide bonds. The van der Waals surface area contributed by atoms with Gasteiger partial charge in [-0.15, -0.1) is 0 Å². The Morgan fingerprint density at radius 2 is 1.97 bits per heavy atom. The number of carbonyl (C=O) groups is 2. The maximum absolute atomic E-state index is 13.7. The van der Waals surface area contributed by atoms with E-state index < -0.39 is 17.7 Å². The summed E-state index contributed by atoms with van der Waals surface area (Å²) in [6, 6.07) is 11.1. The zero-order valence-electron chi connectivity index (χ0n) is 17.6. The normalized spacial score (nSPS) is 11.6. The topological polar surface area (TPSA) is 69.9 Å². The zero-order valence-corrected chi connectivity index (χ0v) is 18.4. The van der Waals surface area contributed by atoms with Gasteiger partial charge >= 0.3 is 5.97 Å². The van der Waals surface area contributed by atoms with E-state index in [4.69, 9.17) is 9.47 Å². The first kappa shape index (κ1) is 22.7. The van der Waals surface area contributed by atoms with Gasteiger partial charge in [-0.2, -0.15) is 4.99 Å². The largest absolute Gasteiger partial charge is 0.494 e. The average Bonchev–Trinajstić information content (AvgIpc) is 3.07. The van der Waals surface area contributed by atoms with Crippen LogP contribution < -0.4 is 9.54 Å². The van der Waals surface area contributed by atoms with Gasteiger partial charge in [0.25, 0.3) is 5.91 Å². The van der Waals surface area contributed by atoms with E-state index >= 15 is 0 Å². The van der Waals surface area contributed by atoms with E-state index in [0.29, 0.717) is 32.9 Å². The standard InChI is InChI=1S/C23H25FN2O4S/c1-3-5-6-12-30-18-9-7-8-16(13-18)22(28)25-23-26(15-21(27)29-4-2)19-11-10-17(24)14-20(19)31-23/h7-11,13-14H,3-6,12,15H2,1-2H3. The van der Waals surface area contributed by atoms with Crippen LogP contribution in [0.25, 0.3) is 10.2 Å². The van der Waals surface area contributed by atoms with Crippen LogP contribution in [0.5, 0.6) is 5.75 Å². The number of esters is 1. The van der Waals surface area contributed by atoms with Crippen LogP contribution >= 0.6 is 11.3 Å². The molecule has 0 atom stereocenters. The van der Waals surface area contributed by atoms with Crippen molar-refractivity contribution in [2.45, 2.75) is 39.7 Å². The molecule has 164 valence electrons. The summed E-state index contributed by atoms with van der Waals surface area (Å²) >= 11 is 1.14. The van der Waals surface area contributed by atoms with Crippen molar-refractivity contribution in [1.82, 2.24) is 4.57 Å². The molecule has 0 aliphatic rings. The van der Waals surface area contributed by atoms with Crippen LogP contribution in [0.3, 0.4) is 0 Å². The highest BCUT2D eigenvalue weighted by Gasteiger charge is 2.14. The van der Waals surface area contributed by atoms with Gasteiger partial charge in [0.2, 0.25) is 0 Å². The van der Waals surface area contributed by atoms with Gasteiger partial charge in [0.05, 0.1) is 23.4 Å². The van der Waals surface area contributed by atoms with E-state index in [1.807, 2.05) is 0 Å². The molecule has 0 aliphatic heterocycles. The minimum absolute atomic E-state index is 0.119. The molecule has 0 fully saturated rings. The first-order chi connectivity index (χ1) is 15.0. The van der Waals surface area contributed by atoms with Gasteiger partial charge in [-0.1, -0.05) is 37.2 Å². The van der Waals surface area contributed by atoms with Gasteiger partial charge in [-0.3, -0.25) is 9.59 Å². The predicted molar refractivity (Wildman–Crippen MR) is 118 cm³/mol. The van der Waals surface area contributed by atoms with Crippen LogP contribution in [0.2, 0.25) is 0 Å². The molecule has 31 heavy (non-hydrogen) atoms. The van der Waals surface area contributed by atoms with E-state index in [1.165, 1.54) is 12.1 Å². The van der Waals surface area contributed by atoms with Crippen molar-refractivity contribution in [3.05, 3.63) is 58.6 Å². The minimum Gasteiger partial charge on any atom is -0.494 e. The number of nitrogens with zero attached hydrogens (tertiary/aromatic N) is 2. The number of carbonyl (C=O) groups excluding carboxylic acids is 2. The lowest BCUT2D eigenvalue weighted by atomic mass is 10.2. The number of thiazole rings is 1. The number of aromatic nitrogens is 1. The Labute approximate surface area is 184 Å². The lowest BCUT2D eigenvalue weighted by molar-refractivity contribution is -0.143. The number of unbranched alkanes of at least 4 members (excludes halogenated alkanes) is 2. The van der Waals surface area contributed by atoms with Crippen molar-refractivity contribution in [2.24, 2.45) is 4.99 Å². The fourth-order valence-corrected chi connectivity index (χ4v) is 4.09. The molecule has 0 spiro atoms. The number of amides is 1. The molecule has 0 radical (unpaired) electrons. The number of ether oxygens (including phenoxy) is 2. The van der Waals surface area contributed by atoms with Gasteiger partial charge in [-0.05, 0) is 49.7 Å². The second kappa shape index (κ2) is 10.9. The molecule has 3 aromatic rings. The van der Waals surface area contributed by atoms with E-state index in [0.717, 1.165) is 30.6 Å². The Morgan fingerprint density at radius 3 is 2.74 bits per heavy atom. The Balaban J connectivity index is 1.92. The molecule has 0 saturated carbocycles. The van der Waals surface area contributed by atoms with Gasteiger partial charge in [0.15, 0.2) is 4.80 Å². The molecule has 0 aliphatic carbocycles. The molecule has 2 aromatic carbocycles. The predicted octanol–water partition coefficient (Wildman–Crippen LogP) is 4.72. The number of benzene rings is 2. The highest BCUT2D eigenvalue weighted by molar-refractivity contribution is 7.16.